The maximum Gasteiger partial charge on any atom is 0.223 e. The first kappa shape index (κ1) is 15.7. The molecule has 0 saturated carbocycles. The van der Waals surface area contributed by atoms with Gasteiger partial charge in [-0.05, 0) is 37.9 Å². The predicted molar refractivity (Wildman–Crippen MR) is 80.1 cm³/mol. The van der Waals surface area contributed by atoms with Crippen molar-refractivity contribution in [3.63, 3.8) is 0 Å². The summed E-state index contributed by atoms with van der Waals surface area (Å²) in [5, 5.41) is 6.31. The second-order valence-corrected chi connectivity index (χ2v) is 4.55. The van der Waals surface area contributed by atoms with E-state index in [1.54, 1.807) is 0 Å². The van der Waals surface area contributed by atoms with Crippen molar-refractivity contribution in [3.8, 4) is 0 Å². The van der Waals surface area contributed by atoms with Gasteiger partial charge < -0.3 is 10.6 Å². The highest BCUT2D eigenvalue weighted by Crippen LogP contribution is 2.11. The number of rotatable bonds is 4. The average molecular weight is 262 g/mol. The van der Waals surface area contributed by atoms with Crippen molar-refractivity contribution < 1.29 is 4.79 Å². The number of piperidine rings is 1. The second-order valence-electron chi connectivity index (χ2n) is 4.55. The van der Waals surface area contributed by atoms with E-state index in [9.17, 15) is 4.79 Å². The minimum atomic E-state index is 0.215. The molecule has 3 heteroatoms. The molecule has 0 aliphatic carbocycles. The molecule has 3 nitrogen and oxygen atoms in total. The molecule has 19 heavy (non-hydrogen) atoms. The summed E-state index contributed by atoms with van der Waals surface area (Å²) in [6.45, 7) is 6.68. The van der Waals surface area contributed by atoms with Gasteiger partial charge in [0.2, 0.25) is 5.91 Å². The number of hydrogen-bond acceptors (Lipinski definition) is 2. The molecular weight excluding hydrogens is 236 g/mol. The van der Waals surface area contributed by atoms with Gasteiger partial charge >= 0.3 is 0 Å². The van der Waals surface area contributed by atoms with E-state index in [4.69, 9.17) is 0 Å². The third-order valence-corrected chi connectivity index (χ3v) is 3.27. The van der Waals surface area contributed by atoms with Gasteiger partial charge in [0, 0.05) is 12.5 Å². The topological polar surface area (TPSA) is 41.1 Å². The Morgan fingerprint density at radius 3 is 2.47 bits per heavy atom. The maximum atomic E-state index is 11.8. The Kier molecular flexibility index (Phi) is 7.91. The molecule has 0 aromatic heterocycles. The fourth-order valence-electron chi connectivity index (χ4n) is 2.20. The Balaban J connectivity index is 0.000000861. The lowest BCUT2D eigenvalue weighted by Gasteiger charge is -2.21. The molecule has 0 radical (unpaired) electrons. The van der Waals surface area contributed by atoms with E-state index < -0.39 is 0 Å². The van der Waals surface area contributed by atoms with Crippen molar-refractivity contribution in [2.24, 2.45) is 5.92 Å². The van der Waals surface area contributed by atoms with E-state index in [1.165, 1.54) is 5.56 Å². The summed E-state index contributed by atoms with van der Waals surface area (Å²) in [5.74, 6) is 0.439. The zero-order chi connectivity index (χ0) is 13.9. The lowest BCUT2D eigenvalue weighted by Crippen LogP contribution is -2.38. The molecule has 106 valence electrons. The summed E-state index contributed by atoms with van der Waals surface area (Å²) in [6.07, 6.45) is 2.85. The first-order chi connectivity index (χ1) is 9.36. The van der Waals surface area contributed by atoms with Crippen molar-refractivity contribution in [2.45, 2.75) is 33.1 Å². The van der Waals surface area contributed by atoms with Crippen LogP contribution in [-0.4, -0.2) is 25.5 Å². The van der Waals surface area contributed by atoms with Gasteiger partial charge in [-0.15, -0.1) is 0 Å². The first-order valence-electron chi connectivity index (χ1n) is 7.38. The van der Waals surface area contributed by atoms with Crippen LogP contribution in [0, 0.1) is 5.92 Å². The molecule has 1 aromatic carbocycles. The lowest BCUT2D eigenvalue weighted by molar-refractivity contribution is -0.125. The second kappa shape index (κ2) is 9.56. The third kappa shape index (κ3) is 5.88. The van der Waals surface area contributed by atoms with Crippen LogP contribution in [0.3, 0.4) is 0 Å². The van der Waals surface area contributed by atoms with Gasteiger partial charge in [-0.2, -0.15) is 0 Å². The van der Waals surface area contributed by atoms with Crippen molar-refractivity contribution >= 4 is 5.91 Å². The van der Waals surface area contributed by atoms with E-state index >= 15 is 0 Å². The summed E-state index contributed by atoms with van der Waals surface area (Å²) >= 11 is 0. The SMILES string of the molecule is CC.O=C(NCCc1ccccc1)C1CCNCC1. The summed E-state index contributed by atoms with van der Waals surface area (Å²) in [5.41, 5.74) is 1.28. The van der Waals surface area contributed by atoms with Gasteiger partial charge in [-0.1, -0.05) is 44.2 Å². The maximum absolute atomic E-state index is 11.8. The molecule has 1 amide bonds. The predicted octanol–water partition coefficient (Wildman–Crippen LogP) is 2.37. The zero-order valence-corrected chi connectivity index (χ0v) is 12.1. The van der Waals surface area contributed by atoms with Crippen LogP contribution in [0.5, 0.6) is 0 Å². The number of hydrogen-bond donors (Lipinski definition) is 2. The molecule has 2 rings (SSSR count). The van der Waals surface area contributed by atoms with E-state index in [0.717, 1.165) is 38.9 Å². The van der Waals surface area contributed by atoms with Gasteiger partial charge in [0.05, 0.1) is 0 Å². The smallest absolute Gasteiger partial charge is 0.223 e. The van der Waals surface area contributed by atoms with Crippen LogP contribution in [0.25, 0.3) is 0 Å². The zero-order valence-electron chi connectivity index (χ0n) is 12.1. The fourth-order valence-corrected chi connectivity index (χ4v) is 2.20. The van der Waals surface area contributed by atoms with Gasteiger partial charge in [-0.3, -0.25) is 4.79 Å². The number of carbonyl (C=O) groups excluding carboxylic acids is 1. The Bertz CT molecular complexity index is 345. The van der Waals surface area contributed by atoms with Gasteiger partial charge in [-0.25, -0.2) is 0 Å². The highest BCUT2D eigenvalue weighted by molar-refractivity contribution is 5.78. The molecule has 1 aliphatic heterocycles. The number of benzene rings is 1. The van der Waals surface area contributed by atoms with Crippen LogP contribution in [0.1, 0.15) is 32.3 Å². The fraction of sp³-hybridized carbons (Fsp3) is 0.562. The summed E-state index contributed by atoms with van der Waals surface area (Å²) in [6, 6.07) is 10.3. The Morgan fingerprint density at radius 2 is 1.84 bits per heavy atom. The molecule has 1 heterocycles. The summed E-state index contributed by atoms with van der Waals surface area (Å²) in [4.78, 5) is 11.8. The summed E-state index contributed by atoms with van der Waals surface area (Å²) in [7, 11) is 0. The number of nitrogens with one attached hydrogen (secondary N) is 2. The number of carbonyl (C=O) groups is 1. The van der Waals surface area contributed by atoms with Gasteiger partial charge in [0.1, 0.15) is 0 Å². The summed E-state index contributed by atoms with van der Waals surface area (Å²) < 4.78 is 0. The van der Waals surface area contributed by atoms with Crippen molar-refractivity contribution in [1.82, 2.24) is 10.6 Å². The Labute approximate surface area is 116 Å². The van der Waals surface area contributed by atoms with Crippen LogP contribution in [-0.2, 0) is 11.2 Å². The van der Waals surface area contributed by atoms with E-state index in [1.807, 2.05) is 32.0 Å². The number of amides is 1. The van der Waals surface area contributed by atoms with Crippen molar-refractivity contribution in [3.05, 3.63) is 35.9 Å². The standard InChI is InChI=1S/C14H20N2O.C2H6/c17-14(13-7-9-15-10-8-13)16-11-6-12-4-2-1-3-5-12;1-2/h1-5,13,15H,6-11H2,(H,16,17);1-2H3. The quantitative estimate of drug-likeness (QED) is 0.874. The molecule has 0 spiro atoms. The Hall–Kier alpha value is -1.35. The molecule has 1 saturated heterocycles. The van der Waals surface area contributed by atoms with Crippen LogP contribution >= 0.6 is 0 Å². The van der Waals surface area contributed by atoms with E-state index in [0.29, 0.717) is 0 Å². The average Bonchev–Trinajstić information content (AvgIpc) is 2.51. The highest BCUT2D eigenvalue weighted by atomic mass is 16.1. The van der Waals surface area contributed by atoms with E-state index in [-0.39, 0.29) is 11.8 Å². The van der Waals surface area contributed by atoms with Gasteiger partial charge in [0.15, 0.2) is 0 Å². The Morgan fingerprint density at radius 1 is 1.21 bits per heavy atom. The molecule has 1 aliphatic rings. The molecule has 0 unspecified atom stereocenters. The van der Waals surface area contributed by atoms with Crippen LogP contribution in [0.2, 0.25) is 0 Å². The van der Waals surface area contributed by atoms with Crippen LogP contribution < -0.4 is 10.6 Å². The molecule has 0 bridgehead atoms. The highest BCUT2D eigenvalue weighted by Gasteiger charge is 2.19. The van der Waals surface area contributed by atoms with Crippen LogP contribution in [0.4, 0.5) is 0 Å². The van der Waals surface area contributed by atoms with Crippen molar-refractivity contribution in [2.75, 3.05) is 19.6 Å². The van der Waals surface area contributed by atoms with Gasteiger partial charge in [0.25, 0.3) is 0 Å². The molecule has 0 atom stereocenters. The lowest BCUT2D eigenvalue weighted by atomic mass is 9.97. The van der Waals surface area contributed by atoms with E-state index in [2.05, 4.69) is 22.8 Å². The van der Waals surface area contributed by atoms with Crippen molar-refractivity contribution in [1.29, 1.82) is 0 Å². The normalized spacial score (nSPS) is 15.3. The first-order valence-corrected chi connectivity index (χ1v) is 7.38. The third-order valence-electron chi connectivity index (χ3n) is 3.27. The molecule has 2 N–H and O–H groups in total. The molecular formula is C16H26N2O. The molecule has 1 aromatic rings. The minimum Gasteiger partial charge on any atom is -0.356 e. The van der Waals surface area contributed by atoms with Crippen LogP contribution in [0.15, 0.2) is 30.3 Å². The monoisotopic (exact) mass is 262 g/mol. The minimum absolute atomic E-state index is 0.215. The largest absolute Gasteiger partial charge is 0.356 e. The molecule has 1 fully saturated rings.